The third kappa shape index (κ3) is 1.80. The van der Waals surface area contributed by atoms with E-state index >= 15 is 0 Å². The third-order valence-electron chi connectivity index (χ3n) is 3.46. The number of aromatic nitrogens is 4. The lowest BCUT2D eigenvalue weighted by Crippen LogP contribution is -1.89. The molecule has 0 amide bonds. The Balaban J connectivity index is 2.18. The summed E-state index contributed by atoms with van der Waals surface area (Å²) in [7, 11) is 3.22. The van der Waals surface area contributed by atoms with Crippen molar-refractivity contribution in [3.63, 3.8) is 0 Å². The minimum absolute atomic E-state index is 0.660. The van der Waals surface area contributed by atoms with Crippen LogP contribution in [0.4, 0.5) is 0 Å². The van der Waals surface area contributed by atoms with Crippen LogP contribution in [0.3, 0.4) is 0 Å². The lowest BCUT2D eigenvalue weighted by molar-refractivity contribution is 0.356. The molecule has 0 aliphatic carbocycles. The van der Waals surface area contributed by atoms with Gasteiger partial charge in [0.2, 0.25) is 0 Å². The first-order chi connectivity index (χ1) is 9.63. The molecule has 20 heavy (non-hydrogen) atoms. The van der Waals surface area contributed by atoms with E-state index in [-0.39, 0.29) is 0 Å². The van der Waals surface area contributed by atoms with E-state index < -0.39 is 0 Å². The number of nitrogens with zero attached hydrogens (tertiary/aromatic N) is 2. The molecule has 0 saturated heterocycles. The number of aryl methyl sites for hydroxylation is 1. The highest BCUT2D eigenvalue weighted by molar-refractivity contribution is 5.83. The minimum atomic E-state index is 0.660. The molecule has 6 nitrogen and oxygen atoms in total. The second kappa shape index (κ2) is 4.56. The first-order valence-electron chi connectivity index (χ1n) is 6.27. The van der Waals surface area contributed by atoms with Gasteiger partial charge in [-0.3, -0.25) is 5.10 Å². The standard InChI is InChI=1S/C14H16N4O2/c1-7-8(2)17-18-13(7)14-15-9-5-11(19-3)12(20-4)6-10(9)16-14/h5-6H,1-4H3,(H,15,16)(H,17,18). The van der Waals surface area contributed by atoms with Crippen LogP contribution in [0.25, 0.3) is 22.6 Å². The molecule has 1 aromatic carbocycles. The Labute approximate surface area is 116 Å². The Hall–Kier alpha value is -2.50. The summed E-state index contributed by atoms with van der Waals surface area (Å²) in [5.41, 5.74) is 4.66. The summed E-state index contributed by atoms with van der Waals surface area (Å²) < 4.78 is 10.6. The van der Waals surface area contributed by atoms with E-state index in [1.54, 1.807) is 14.2 Å². The van der Waals surface area contributed by atoms with Crippen LogP contribution in [0.5, 0.6) is 11.5 Å². The SMILES string of the molecule is COc1cc2nc(-c3n[nH]c(C)c3C)[nH]c2cc1OC. The normalized spacial score (nSPS) is 11.0. The molecular weight excluding hydrogens is 256 g/mol. The Bertz CT molecular complexity index is 732. The predicted octanol–water partition coefficient (Wildman–Crippen LogP) is 2.59. The fourth-order valence-electron chi connectivity index (χ4n) is 2.16. The number of benzene rings is 1. The van der Waals surface area contributed by atoms with Gasteiger partial charge in [-0.2, -0.15) is 5.10 Å². The summed E-state index contributed by atoms with van der Waals surface area (Å²) in [5.74, 6) is 2.07. The second-order valence-corrected chi connectivity index (χ2v) is 4.63. The minimum Gasteiger partial charge on any atom is -0.493 e. The maximum atomic E-state index is 5.29. The highest BCUT2D eigenvalue weighted by atomic mass is 16.5. The van der Waals surface area contributed by atoms with Crippen LogP contribution >= 0.6 is 0 Å². The van der Waals surface area contributed by atoms with Gasteiger partial charge in [-0.15, -0.1) is 0 Å². The van der Waals surface area contributed by atoms with Crippen molar-refractivity contribution in [2.45, 2.75) is 13.8 Å². The number of hydrogen-bond acceptors (Lipinski definition) is 4. The molecule has 0 unspecified atom stereocenters. The summed E-state index contributed by atoms with van der Waals surface area (Å²) >= 11 is 0. The van der Waals surface area contributed by atoms with Crippen molar-refractivity contribution in [1.29, 1.82) is 0 Å². The van der Waals surface area contributed by atoms with Crippen molar-refractivity contribution >= 4 is 11.0 Å². The van der Waals surface area contributed by atoms with Gasteiger partial charge in [0.05, 0.1) is 25.3 Å². The number of aromatic amines is 2. The van der Waals surface area contributed by atoms with Crippen molar-refractivity contribution in [3.05, 3.63) is 23.4 Å². The molecular formula is C14H16N4O2. The molecule has 0 atom stereocenters. The number of rotatable bonds is 3. The number of hydrogen-bond donors (Lipinski definition) is 2. The molecule has 2 heterocycles. The summed E-state index contributed by atoms with van der Waals surface area (Å²) in [4.78, 5) is 7.83. The zero-order valence-electron chi connectivity index (χ0n) is 11.9. The fraction of sp³-hybridized carbons (Fsp3) is 0.286. The largest absolute Gasteiger partial charge is 0.493 e. The smallest absolute Gasteiger partial charge is 0.163 e. The number of fused-ring (bicyclic) bond motifs is 1. The first kappa shape index (κ1) is 12.5. The van der Waals surface area contributed by atoms with Gasteiger partial charge in [0.25, 0.3) is 0 Å². The molecule has 2 aromatic heterocycles. The number of ether oxygens (including phenoxy) is 2. The van der Waals surface area contributed by atoms with E-state index in [2.05, 4.69) is 20.2 Å². The maximum Gasteiger partial charge on any atom is 0.163 e. The fourth-order valence-corrected chi connectivity index (χ4v) is 2.16. The quantitative estimate of drug-likeness (QED) is 0.768. The van der Waals surface area contributed by atoms with Crippen molar-refractivity contribution in [1.82, 2.24) is 20.2 Å². The lowest BCUT2D eigenvalue weighted by atomic mass is 10.2. The van der Waals surface area contributed by atoms with Gasteiger partial charge < -0.3 is 14.5 Å². The third-order valence-corrected chi connectivity index (χ3v) is 3.46. The van der Waals surface area contributed by atoms with E-state index in [1.807, 2.05) is 26.0 Å². The highest BCUT2D eigenvalue weighted by Gasteiger charge is 2.14. The number of H-pyrrole nitrogens is 2. The van der Waals surface area contributed by atoms with Crippen molar-refractivity contribution < 1.29 is 9.47 Å². The molecule has 3 rings (SSSR count). The molecule has 2 N–H and O–H groups in total. The van der Waals surface area contributed by atoms with Crippen LogP contribution in [-0.4, -0.2) is 34.4 Å². The Morgan fingerprint density at radius 2 is 1.75 bits per heavy atom. The van der Waals surface area contributed by atoms with Crippen LogP contribution in [0.15, 0.2) is 12.1 Å². The highest BCUT2D eigenvalue weighted by Crippen LogP contribution is 2.32. The van der Waals surface area contributed by atoms with E-state index in [0.29, 0.717) is 11.5 Å². The van der Waals surface area contributed by atoms with Crippen LogP contribution in [0.2, 0.25) is 0 Å². The van der Waals surface area contributed by atoms with Crippen molar-refractivity contribution in [2.75, 3.05) is 14.2 Å². The maximum absolute atomic E-state index is 5.29. The molecule has 0 saturated carbocycles. The zero-order chi connectivity index (χ0) is 14.3. The Morgan fingerprint density at radius 1 is 1.05 bits per heavy atom. The second-order valence-electron chi connectivity index (χ2n) is 4.63. The van der Waals surface area contributed by atoms with Gasteiger partial charge in [-0.1, -0.05) is 0 Å². The Kier molecular flexibility index (Phi) is 2.85. The molecule has 0 fully saturated rings. The molecule has 0 aliphatic heterocycles. The van der Waals surface area contributed by atoms with E-state index in [4.69, 9.17) is 9.47 Å². The van der Waals surface area contributed by atoms with E-state index in [9.17, 15) is 0 Å². The molecule has 0 bridgehead atoms. The van der Waals surface area contributed by atoms with Gasteiger partial charge >= 0.3 is 0 Å². The monoisotopic (exact) mass is 272 g/mol. The van der Waals surface area contributed by atoms with Gasteiger partial charge in [0.15, 0.2) is 17.3 Å². The summed E-state index contributed by atoms with van der Waals surface area (Å²) in [5, 5.41) is 7.25. The molecule has 0 spiro atoms. The summed E-state index contributed by atoms with van der Waals surface area (Å²) in [6, 6.07) is 3.72. The average Bonchev–Trinajstić information content (AvgIpc) is 3.01. The number of methoxy groups -OCH3 is 2. The van der Waals surface area contributed by atoms with E-state index in [0.717, 1.165) is 33.8 Å². The predicted molar refractivity (Wildman–Crippen MR) is 76.3 cm³/mol. The van der Waals surface area contributed by atoms with Crippen molar-refractivity contribution in [2.24, 2.45) is 0 Å². The molecule has 0 aliphatic rings. The van der Waals surface area contributed by atoms with Gasteiger partial charge in [-0.05, 0) is 13.8 Å². The van der Waals surface area contributed by atoms with Gasteiger partial charge in [0, 0.05) is 23.4 Å². The lowest BCUT2D eigenvalue weighted by Gasteiger charge is -2.06. The van der Waals surface area contributed by atoms with Crippen LogP contribution in [0.1, 0.15) is 11.3 Å². The van der Waals surface area contributed by atoms with Crippen molar-refractivity contribution in [3.8, 4) is 23.0 Å². The number of imidazole rings is 1. The van der Waals surface area contributed by atoms with Crippen LogP contribution in [0, 0.1) is 13.8 Å². The zero-order valence-corrected chi connectivity index (χ0v) is 11.9. The van der Waals surface area contributed by atoms with Gasteiger partial charge in [0.1, 0.15) is 5.69 Å². The Morgan fingerprint density at radius 3 is 2.35 bits per heavy atom. The summed E-state index contributed by atoms with van der Waals surface area (Å²) in [6.45, 7) is 4.00. The van der Waals surface area contributed by atoms with Crippen LogP contribution < -0.4 is 9.47 Å². The molecule has 3 aromatic rings. The topological polar surface area (TPSA) is 75.8 Å². The molecule has 0 radical (unpaired) electrons. The summed E-state index contributed by atoms with van der Waals surface area (Å²) in [6.07, 6.45) is 0. The molecule has 104 valence electrons. The average molecular weight is 272 g/mol. The van der Waals surface area contributed by atoms with Gasteiger partial charge in [-0.25, -0.2) is 4.98 Å². The first-order valence-corrected chi connectivity index (χ1v) is 6.27. The number of nitrogens with one attached hydrogen (secondary N) is 2. The van der Waals surface area contributed by atoms with Crippen LogP contribution in [-0.2, 0) is 0 Å². The van der Waals surface area contributed by atoms with E-state index in [1.165, 1.54) is 0 Å². The molecule has 6 heteroatoms.